The van der Waals surface area contributed by atoms with E-state index in [0.717, 1.165) is 10.6 Å². The lowest BCUT2D eigenvalue weighted by Gasteiger charge is -2.13. The molecule has 0 fully saturated rings. The van der Waals surface area contributed by atoms with Crippen LogP contribution in [0.2, 0.25) is 0 Å². The molecule has 1 unspecified atom stereocenters. The zero-order valence-electron chi connectivity index (χ0n) is 12.7. The second-order valence-electron chi connectivity index (χ2n) is 5.24. The van der Waals surface area contributed by atoms with E-state index in [0.29, 0.717) is 12.5 Å². The van der Waals surface area contributed by atoms with Crippen LogP contribution in [0.4, 0.5) is 0 Å². The van der Waals surface area contributed by atoms with Crippen molar-refractivity contribution in [2.45, 2.75) is 26.9 Å². The Balaban J connectivity index is 1.93. The van der Waals surface area contributed by atoms with Gasteiger partial charge < -0.3 is 10.1 Å². The molecule has 0 bridgehead atoms. The van der Waals surface area contributed by atoms with Crippen molar-refractivity contribution >= 4 is 34.6 Å². The van der Waals surface area contributed by atoms with Crippen LogP contribution in [0.5, 0.6) is 0 Å². The molecular weight excluding hydrogens is 320 g/mol. The summed E-state index contributed by atoms with van der Waals surface area (Å²) < 4.78 is 5.16. The molecule has 1 amide bonds. The zero-order chi connectivity index (χ0) is 16.1. The number of nitrogens with zero attached hydrogens (tertiary/aromatic N) is 1. The van der Waals surface area contributed by atoms with Crippen molar-refractivity contribution in [2.24, 2.45) is 5.92 Å². The molecule has 1 atom stereocenters. The SMILES string of the molecule is CC(C)CNC(=O)C(C)OC(=O)c1csc(-c2ccsc2)n1. The number of rotatable bonds is 6. The maximum absolute atomic E-state index is 12.0. The number of esters is 1. The van der Waals surface area contributed by atoms with Gasteiger partial charge >= 0.3 is 5.97 Å². The van der Waals surface area contributed by atoms with Gasteiger partial charge in [0.05, 0.1) is 0 Å². The van der Waals surface area contributed by atoms with Gasteiger partial charge in [-0.3, -0.25) is 4.79 Å². The molecular formula is C15H18N2O3S2. The van der Waals surface area contributed by atoms with E-state index in [4.69, 9.17) is 4.74 Å². The van der Waals surface area contributed by atoms with Gasteiger partial charge in [0.1, 0.15) is 5.01 Å². The minimum atomic E-state index is -0.836. The fraction of sp³-hybridized carbons (Fsp3) is 0.400. The molecule has 22 heavy (non-hydrogen) atoms. The average Bonchev–Trinajstić information content (AvgIpc) is 3.14. The highest BCUT2D eigenvalue weighted by atomic mass is 32.1. The highest BCUT2D eigenvalue weighted by molar-refractivity contribution is 7.14. The summed E-state index contributed by atoms with van der Waals surface area (Å²) in [4.78, 5) is 28.1. The van der Waals surface area contributed by atoms with Crippen molar-refractivity contribution in [3.8, 4) is 10.6 Å². The van der Waals surface area contributed by atoms with Crippen molar-refractivity contribution in [2.75, 3.05) is 6.54 Å². The summed E-state index contributed by atoms with van der Waals surface area (Å²) in [6.45, 7) is 6.11. The molecule has 2 aromatic rings. The predicted molar refractivity (Wildman–Crippen MR) is 88.2 cm³/mol. The highest BCUT2D eigenvalue weighted by Gasteiger charge is 2.21. The Morgan fingerprint density at radius 2 is 2.09 bits per heavy atom. The molecule has 0 aliphatic heterocycles. The Hall–Kier alpha value is -1.73. The zero-order valence-corrected chi connectivity index (χ0v) is 14.3. The molecule has 7 heteroatoms. The number of hydrogen-bond acceptors (Lipinski definition) is 6. The number of thiophene rings is 1. The van der Waals surface area contributed by atoms with Crippen LogP contribution in [0.3, 0.4) is 0 Å². The second-order valence-corrected chi connectivity index (χ2v) is 6.87. The number of nitrogens with one attached hydrogen (secondary N) is 1. The largest absolute Gasteiger partial charge is 0.448 e. The van der Waals surface area contributed by atoms with Crippen molar-refractivity contribution in [3.05, 3.63) is 27.9 Å². The molecule has 0 spiro atoms. The molecule has 0 aromatic carbocycles. The van der Waals surface area contributed by atoms with Crippen molar-refractivity contribution in [1.82, 2.24) is 10.3 Å². The molecule has 1 N–H and O–H groups in total. The van der Waals surface area contributed by atoms with Gasteiger partial charge in [0.2, 0.25) is 0 Å². The molecule has 2 aromatic heterocycles. The minimum absolute atomic E-state index is 0.231. The van der Waals surface area contributed by atoms with Crippen molar-refractivity contribution < 1.29 is 14.3 Å². The summed E-state index contributed by atoms with van der Waals surface area (Å²) in [6.07, 6.45) is -0.836. The minimum Gasteiger partial charge on any atom is -0.448 e. The third kappa shape index (κ3) is 4.38. The van der Waals surface area contributed by atoms with Crippen LogP contribution in [-0.4, -0.2) is 29.5 Å². The third-order valence-corrected chi connectivity index (χ3v) is 4.39. The molecule has 2 rings (SSSR count). The third-order valence-electron chi connectivity index (χ3n) is 2.82. The van der Waals surface area contributed by atoms with E-state index in [1.165, 1.54) is 11.3 Å². The number of aromatic nitrogens is 1. The van der Waals surface area contributed by atoms with Gasteiger partial charge in [-0.15, -0.1) is 11.3 Å². The first-order valence-corrected chi connectivity index (χ1v) is 8.76. The molecule has 0 saturated heterocycles. The van der Waals surface area contributed by atoms with E-state index in [9.17, 15) is 9.59 Å². The van der Waals surface area contributed by atoms with Crippen LogP contribution in [0.25, 0.3) is 10.6 Å². The summed E-state index contributed by atoms with van der Waals surface area (Å²) in [5, 5.41) is 9.07. The first-order chi connectivity index (χ1) is 10.5. The molecule has 0 aliphatic carbocycles. The molecule has 0 radical (unpaired) electrons. The predicted octanol–water partition coefficient (Wildman–Crippen LogP) is 3.19. The van der Waals surface area contributed by atoms with Gasteiger partial charge in [-0.05, 0) is 24.3 Å². The monoisotopic (exact) mass is 338 g/mol. The van der Waals surface area contributed by atoms with Gasteiger partial charge in [-0.2, -0.15) is 11.3 Å². The summed E-state index contributed by atoms with van der Waals surface area (Å²) in [6, 6.07) is 1.95. The maximum atomic E-state index is 12.0. The summed E-state index contributed by atoms with van der Waals surface area (Å²) in [5.41, 5.74) is 1.21. The van der Waals surface area contributed by atoms with E-state index in [-0.39, 0.29) is 11.6 Å². The maximum Gasteiger partial charge on any atom is 0.358 e. The fourth-order valence-corrected chi connectivity index (χ4v) is 3.11. The molecule has 0 saturated carbocycles. The van der Waals surface area contributed by atoms with Crippen LogP contribution in [0.15, 0.2) is 22.2 Å². The smallest absolute Gasteiger partial charge is 0.358 e. The summed E-state index contributed by atoms with van der Waals surface area (Å²) in [5.74, 6) is -0.529. The van der Waals surface area contributed by atoms with Gasteiger partial charge in [0.25, 0.3) is 5.91 Å². The number of hydrogen-bond donors (Lipinski definition) is 1. The molecule has 0 aliphatic rings. The van der Waals surface area contributed by atoms with E-state index in [2.05, 4.69) is 10.3 Å². The first-order valence-electron chi connectivity index (χ1n) is 6.94. The van der Waals surface area contributed by atoms with Gasteiger partial charge in [-0.1, -0.05) is 13.8 Å². The summed E-state index contributed by atoms with van der Waals surface area (Å²) >= 11 is 2.95. The number of amides is 1. The van der Waals surface area contributed by atoms with Crippen LogP contribution >= 0.6 is 22.7 Å². The molecule has 118 valence electrons. The van der Waals surface area contributed by atoms with E-state index < -0.39 is 12.1 Å². The first kappa shape index (κ1) is 16.6. The van der Waals surface area contributed by atoms with Crippen LogP contribution in [-0.2, 0) is 9.53 Å². The summed E-state index contributed by atoms with van der Waals surface area (Å²) in [7, 11) is 0. The topological polar surface area (TPSA) is 68.3 Å². The number of carbonyl (C=O) groups is 2. The van der Waals surface area contributed by atoms with Gasteiger partial charge in [0, 0.05) is 22.9 Å². The van der Waals surface area contributed by atoms with Crippen molar-refractivity contribution in [3.63, 3.8) is 0 Å². The normalized spacial score (nSPS) is 12.2. The lowest BCUT2D eigenvalue weighted by atomic mass is 10.2. The van der Waals surface area contributed by atoms with E-state index in [1.807, 2.05) is 30.7 Å². The van der Waals surface area contributed by atoms with Crippen LogP contribution < -0.4 is 5.32 Å². The number of ether oxygens (including phenoxy) is 1. The van der Waals surface area contributed by atoms with Crippen molar-refractivity contribution in [1.29, 1.82) is 0 Å². The van der Waals surface area contributed by atoms with E-state index >= 15 is 0 Å². The van der Waals surface area contributed by atoms with Crippen LogP contribution in [0.1, 0.15) is 31.3 Å². The lowest BCUT2D eigenvalue weighted by Crippen LogP contribution is -2.37. The second kappa shape index (κ2) is 7.51. The fourth-order valence-electron chi connectivity index (χ4n) is 1.61. The molecule has 2 heterocycles. The Kier molecular flexibility index (Phi) is 5.68. The van der Waals surface area contributed by atoms with Crippen LogP contribution in [0, 0.1) is 5.92 Å². The highest BCUT2D eigenvalue weighted by Crippen LogP contribution is 2.26. The standard InChI is InChI=1S/C15H18N2O3S2/c1-9(2)6-16-13(18)10(3)20-15(19)12-8-22-14(17-12)11-4-5-21-7-11/h4-5,7-10H,6H2,1-3H3,(H,16,18). The molecule has 5 nitrogen and oxygen atoms in total. The van der Waals surface area contributed by atoms with E-state index in [1.54, 1.807) is 23.6 Å². The lowest BCUT2D eigenvalue weighted by molar-refractivity contribution is -0.129. The van der Waals surface area contributed by atoms with Gasteiger partial charge in [0.15, 0.2) is 11.8 Å². The Morgan fingerprint density at radius 3 is 2.73 bits per heavy atom. The quantitative estimate of drug-likeness (QED) is 0.821. The van der Waals surface area contributed by atoms with Gasteiger partial charge in [-0.25, -0.2) is 9.78 Å². The Morgan fingerprint density at radius 1 is 1.32 bits per heavy atom. The number of carbonyl (C=O) groups excluding carboxylic acids is 2. The average molecular weight is 338 g/mol. The Bertz CT molecular complexity index is 635. The Labute approximate surface area is 137 Å². The number of thiazole rings is 1.